The second-order valence-electron chi connectivity index (χ2n) is 7.24. The molecule has 142 valence electrons. The van der Waals surface area contributed by atoms with E-state index in [1.807, 2.05) is 4.90 Å². The maximum atomic E-state index is 12.8. The lowest BCUT2D eigenvalue weighted by molar-refractivity contribution is -0.137. The third-order valence-corrected chi connectivity index (χ3v) is 5.31. The lowest BCUT2D eigenvalue weighted by Gasteiger charge is -2.35. The molecule has 2 amide bonds. The molecule has 0 atom stereocenters. The number of carbonyl (C=O) groups excluding carboxylic acids is 2. The van der Waals surface area contributed by atoms with E-state index in [0.29, 0.717) is 24.7 Å². The Morgan fingerprint density at radius 2 is 1.69 bits per heavy atom. The molecular formula is C20H27FN2O3. The fraction of sp³-hybridized carbons (Fsp3) is 0.600. The van der Waals surface area contributed by atoms with Crippen molar-refractivity contribution in [1.29, 1.82) is 0 Å². The quantitative estimate of drug-likeness (QED) is 0.876. The summed E-state index contributed by atoms with van der Waals surface area (Å²) in [5, 5.41) is 2.96. The summed E-state index contributed by atoms with van der Waals surface area (Å²) in [6, 6.07) is 5.67. The number of carbonyl (C=O) groups is 2. The Hall–Kier alpha value is -2.11. The lowest BCUT2D eigenvalue weighted by Crippen LogP contribution is -2.49. The van der Waals surface area contributed by atoms with Crippen LogP contribution in [0, 0.1) is 11.7 Å². The van der Waals surface area contributed by atoms with E-state index in [1.165, 1.54) is 30.7 Å². The Morgan fingerprint density at radius 3 is 2.35 bits per heavy atom. The van der Waals surface area contributed by atoms with Crippen LogP contribution in [-0.4, -0.2) is 42.5 Å². The third-order valence-electron chi connectivity index (χ3n) is 5.31. The largest absolute Gasteiger partial charge is 0.484 e. The number of halogens is 1. The van der Waals surface area contributed by atoms with Gasteiger partial charge in [-0.05, 0) is 49.9 Å². The van der Waals surface area contributed by atoms with Gasteiger partial charge in [0.1, 0.15) is 11.6 Å². The molecule has 1 N–H and O–H groups in total. The number of nitrogens with one attached hydrogen (secondary N) is 1. The van der Waals surface area contributed by atoms with Crippen molar-refractivity contribution in [1.82, 2.24) is 10.2 Å². The first kappa shape index (κ1) is 18.7. The SMILES string of the molecule is O=C(COc1ccc(F)cc1)NC1CCN(C(=O)C2CCCCC2)CC1. The molecule has 1 saturated heterocycles. The Bertz CT molecular complexity index is 606. The molecule has 0 bridgehead atoms. The third kappa shape index (κ3) is 5.19. The number of benzene rings is 1. The zero-order valence-corrected chi connectivity index (χ0v) is 15.1. The maximum absolute atomic E-state index is 12.8. The van der Waals surface area contributed by atoms with Gasteiger partial charge in [0.2, 0.25) is 5.91 Å². The van der Waals surface area contributed by atoms with Gasteiger partial charge in [-0.2, -0.15) is 0 Å². The van der Waals surface area contributed by atoms with Crippen LogP contribution in [0.25, 0.3) is 0 Å². The molecule has 2 fully saturated rings. The molecule has 0 radical (unpaired) electrons. The Kier molecular flexibility index (Phi) is 6.47. The van der Waals surface area contributed by atoms with Crippen LogP contribution >= 0.6 is 0 Å². The molecule has 2 aliphatic rings. The van der Waals surface area contributed by atoms with Crippen LogP contribution in [0.4, 0.5) is 4.39 Å². The molecule has 1 aromatic rings. The zero-order chi connectivity index (χ0) is 18.4. The fourth-order valence-electron chi connectivity index (χ4n) is 3.80. The molecule has 1 heterocycles. The summed E-state index contributed by atoms with van der Waals surface area (Å²) in [6.45, 7) is 1.32. The number of nitrogens with zero attached hydrogens (tertiary/aromatic N) is 1. The van der Waals surface area contributed by atoms with Gasteiger partial charge >= 0.3 is 0 Å². The van der Waals surface area contributed by atoms with Gasteiger partial charge in [-0.15, -0.1) is 0 Å². The zero-order valence-electron chi connectivity index (χ0n) is 15.1. The summed E-state index contributed by atoms with van der Waals surface area (Å²) in [7, 11) is 0. The number of rotatable bonds is 5. The molecule has 1 aliphatic heterocycles. The average molecular weight is 362 g/mol. The van der Waals surface area contributed by atoms with Crippen molar-refractivity contribution in [2.75, 3.05) is 19.7 Å². The van der Waals surface area contributed by atoms with Crippen LogP contribution in [0.15, 0.2) is 24.3 Å². The van der Waals surface area contributed by atoms with E-state index in [9.17, 15) is 14.0 Å². The Morgan fingerprint density at radius 1 is 1.04 bits per heavy atom. The summed E-state index contributed by atoms with van der Waals surface area (Å²) >= 11 is 0. The summed E-state index contributed by atoms with van der Waals surface area (Å²) < 4.78 is 18.2. The van der Waals surface area contributed by atoms with Crippen molar-refractivity contribution in [2.24, 2.45) is 5.92 Å². The summed E-state index contributed by atoms with van der Waals surface area (Å²) in [6.07, 6.45) is 7.18. The van der Waals surface area contributed by atoms with E-state index >= 15 is 0 Å². The molecule has 1 aliphatic carbocycles. The number of likely N-dealkylation sites (tertiary alicyclic amines) is 1. The van der Waals surface area contributed by atoms with Gasteiger partial charge < -0.3 is 15.0 Å². The predicted molar refractivity (Wildman–Crippen MR) is 96.2 cm³/mol. The van der Waals surface area contributed by atoms with E-state index < -0.39 is 0 Å². The van der Waals surface area contributed by atoms with Gasteiger partial charge in [0.05, 0.1) is 0 Å². The lowest BCUT2D eigenvalue weighted by atomic mass is 9.87. The Balaban J connectivity index is 1.37. The molecule has 0 aromatic heterocycles. The topological polar surface area (TPSA) is 58.6 Å². The highest BCUT2D eigenvalue weighted by atomic mass is 19.1. The van der Waals surface area contributed by atoms with Gasteiger partial charge in [-0.1, -0.05) is 19.3 Å². The van der Waals surface area contributed by atoms with E-state index in [0.717, 1.165) is 38.5 Å². The highest BCUT2D eigenvalue weighted by Gasteiger charge is 2.29. The van der Waals surface area contributed by atoms with Crippen LogP contribution < -0.4 is 10.1 Å². The van der Waals surface area contributed by atoms with Crippen LogP contribution in [-0.2, 0) is 9.59 Å². The summed E-state index contributed by atoms with van der Waals surface area (Å²) in [4.78, 5) is 26.5. The first-order valence-corrected chi connectivity index (χ1v) is 9.58. The number of hydrogen-bond acceptors (Lipinski definition) is 3. The molecule has 1 aromatic carbocycles. The van der Waals surface area contributed by atoms with Crippen LogP contribution in [0.5, 0.6) is 5.75 Å². The van der Waals surface area contributed by atoms with Crippen molar-refractivity contribution in [3.8, 4) is 5.75 Å². The van der Waals surface area contributed by atoms with E-state index in [2.05, 4.69) is 5.32 Å². The molecular weight excluding hydrogens is 335 g/mol. The van der Waals surface area contributed by atoms with Crippen molar-refractivity contribution < 1.29 is 18.7 Å². The first-order valence-electron chi connectivity index (χ1n) is 9.58. The summed E-state index contributed by atoms with van der Waals surface area (Å²) in [5.41, 5.74) is 0. The highest BCUT2D eigenvalue weighted by molar-refractivity contribution is 5.79. The van der Waals surface area contributed by atoms with Crippen molar-refractivity contribution in [3.63, 3.8) is 0 Å². The minimum Gasteiger partial charge on any atom is -0.484 e. The molecule has 5 nitrogen and oxygen atoms in total. The number of ether oxygens (including phenoxy) is 1. The van der Waals surface area contributed by atoms with Gasteiger partial charge in [0.15, 0.2) is 6.61 Å². The number of piperidine rings is 1. The van der Waals surface area contributed by atoms with E-state index in [-0.39, 0.29) is 30.3 Å². The minimum absolute atomic E-state index is 0.0784. The van der Waals surface area contributed by atoms with Crippen LogP contribution in [0.2, 0.25) is 0 Å². The predicted octanol–water partition coefficient (Wildman–Crippen LogP) is 2.89. The van der Waals surface area contributed by atoms with Crippen molar-refractivity contribution in [3.05, 3.63) is 30.1 Å². The number of amides is 2. The molecule has 3 rings (SSSR count). The molecule has 0 unspecified atom stereocenters. The van der Waals surface area contributed by atoms with E-state index in [1.54, 1.807) is 0 Å². The molecule has 6 heteroatoms. The average Bonchev–Trinajstić information content (AvgIpc) is 2.68. The Labute approximate surface area is 153 Å². The minimum atomic E-state index is -0.337. The normalized spacial score (nSPS) is 19.2. The van der Waals surface area contributed by atoms with Crippen molar-refractivity contribution in [2.45, 2.75) is 51.0 Å². The second kappa shape index (κ2) is 9.01. The molecule has 0 spiro atoms. The smallest absolute Gasteiger partial charge is 0.258 e. The summed E-state index contributed by atoms with van der Waals surface area (Å²) in [5.74, 6) is 0.449. The van der Waals surface area contributed by atoms with Gasteiger partial charge in [0, 0.05) is 25.0 Å². The fourth-order valence-corrected chi connectivity index (χ4v) is 3.80. The van der Waals surface area contributed by atoms with Crippen molar-refractivity contribution >= 4 is 11.8 Å². The standard InChI is InChI=1S/C20H27FN2O3/c21-16-6-8-18(9-7-16)26-14-19(24)22-17-10-12-23(13-11-17)20(25)15-4-2-1-3-5-15/h6-9,15,17H,1-5,10-14H2,(H,22,24). The monoisotopic (exact) mass is 362 g/mol. The molecule has 1 saturated carbocycles. The van der Waals surface area contributed by atoms with Gasteiger partial charge in [-0.3, -0.25) is 9.59 Å². The maximum Gasteiger partial charge on any atom is 0.258 e. The number of hydrogen-bond donors (Lipinski definition) is 1. The highest BCUT2D eigenvalue weighted by Crippen LogP contribution is 2.26. The van der Waals surface area contributed by atoms with Gasteiger partial charge in [0.25, 0.3) is 5.91 Å². The molecule has 26 heavy (non-hydrogen) atoms. The second-order valence-corrected chi connectivity index (χ2v) is 7.24. The van der Waals surface area contributed by atoms with Gasteiger partial charge in [-0.25, -0.2) is 4.39 Å². The van der Waals surface area contributed by atoms with E-state index in [4.69, 9.17) is 4.74 Å². The first-order chi connectivity index (χ1) is 12.6. The van der Waals surface area contributed by atoms with Crippen LogP contribution in [0.3, 0.4) is 0 Å². The van der Waals surface area contributed by atoms with Crippen LogP contribution in [0.1, 0.15) is 44.9 Å².